The summed E-state index contributed by atoms with van der Waals surface area (Å²) in [4.78, 5) is 23.9. The van der Waals surface area contributed by atoms with Gasteiger partial charge in [-0.25, -0.2) is 9.97 Å². The van der Waals surface area contributed by atoms with Crippen LogP contribution in [0.1, 0.15) is 29.8 Å². The highest BCUT2D eigenvalue weighted by Gasteiger charge is 2.33. The number of aryl methyl sites for hydroxylation is 1. The SMILES string of the molecule is COc1ccc2c(c1)OC(C)(C)CN(C(=O)c1ccnc3c1ncn3C)C2. The quantitative estimate of drug-likeness (QED) is 0.698. The van der Waals surface area contributed by atoms with Gasteiger partial charge in [0.15, 0.2) is 5.65 Å². The lowest BCUT2D eigenvalue weighted by Crippen LogP contribution is -2.43. The third kappa shape index (κ3) is 3.09. The summed E-state index contributed by atoms with van der Waals surface area (Å²) in [6.07, 6.45) is 3.32. The molecule has 140 valence electrons. The molecule has 0 aliphatic carbocycles. The van der Waals surface area contributed by atoms with Crippen LogP contribution in [0.25, 0.3) is 11.2 Å². The fourth-order valence-electron chi connectivity index (χ4n) is 3.45. The molecule has 3 heterocycles. The number of imidazole rings is 1. The second kappa shape index (κ2) is 6.26. The van der Waals surface area contributed by atoms with Gasteiger partial charge in [0.2, 0.25) is 0 Å². The number of nitrogens with zero attached hydrogens (tertiary/aromatic N) is 4. The van der Waals surface area contributed by atoms with Crippen molar-refractivity contribution < 1.29 is 14.3 Å². The maximum absolute atomic E-state index is 13.4. The van der Waals surface area contributed by atoms with E-state index in [4.69, 9.17) is 9.47 Å². The van der Waals surface area contributed by atoms with Crippen molar-refractivity contribution in [3.8, 4) is 11.5 Å². The second-order valence-electron chi connectivity index (χ2n) is 7.38. The number of fused-ring (bicyclic) bond motifs is 2. The number of ether oxygens (including phenoxy) is 2. The highest BCUT2D eigenvalue weighted by Crippen LogP contribution is 2.33. The Morgan fingerprint density at radius 3 is 2.85 bits per heavy atom. The van der Waals surface area contributed by atoms with E-state index in [-0.39, 0.29) is 5.91 Å². The molecule has 3 aromatic rings. The predicted octanol–water partition coefficient (Wildman–Crippen LogP) is 2.79. The molecular weight excluding hydrogens is 344 g/mol. The van der Waals surface area contributed by atoms with E-state index in [2.05, 4.69) is 9.97 Å². The average Bonchev–Trinajstić information content (AvgIpc) is 2.95. The van der Waals surface area contributed by atoms with E-state index in [0.29, 0.717) is 29.8 Å². The molecule has 0 spiro atoms. The highest BCUT2D eigenvalue weighted by atomic mass is 16.5. The zero-order valence-corrected chi connectivity index (χ0v) is 15.9. The Hall–Kier alpha value is -3.09. The summed E-state index contributed by atoms with van der Waals surface area (Å²) < 4.78 is 13.3. The van der Waals surface area contributed by atoms with Crippen LogP contribution in [-0.4, -0.2) is 44.6 Å². The molecule has 0 unspecified atom stereocenters. The summed E-state index contributed by atoms with van der Waals surface area (Å²) in [6.45, 7) is 4.87. The highest BCUT2D eigenvalue weighted by molar-refractivity contribution is 6.04. The van der Waals surface area contributed by atoms with Crippen molar-refractivity contribution in [3.05, 3.63) is 47.9 Å². The van der Waals surface area contributed by atoms with E-state index >= 15 is 0 Å². The molecule has 4 rings (SSSR count). The van der Waals surface area contributed by atoms with Crippen molar-refractivity contribution in [2.24, 2.45) is 7.05 Å². The van der Waals surface area contributed by atoms with Crippen LogP contribution < -0.4 is 9.47 Å². The first-order valence-electron chi connectivity index (χ1n) is 8.79. The van der Waals surface area contributed by atoms with E-state index in [1.54, 1.807) is 25.7 Å². The van der Waals surface area contributed by atoms with Crippen LogP contribution in [0.5, 0.6) is 11.5 Å². The lowest BCUT2D eigenvalue weighted by molar-refractivity contribution is 0.0501. The smallest absolute Gasteiger partial charge is 0.256 e. The van der Waals surface area contributed by atoms with Crippen LogP contribution >= 0.6 is 0 Å². The number of benzene rings is 1. The number of pyridine rings is 1. The van der Waals surface area contributed by atoms with Gasteiger partial charge in [0.1, 0.15) is 22.6 Å². The number of rotatable bonds is 2. The fraction of sp³-hybridized carbons (Fsp3) is 0.350. The summed E-state index contributed by atoms with van der Waals surface area (Å²) in [6, 6.07) is 7.42. The van der Waals surface area contributed by atoms with E-state index in [9.17, 15) is 4.79 Å². The first kappa shape index (κ1) is 17.3. The van der Waals surface area contributed by atoms with E-state index < -0.39 is 5.60 Å². The minimum atomic E-state index is -0.538. The van der Waals surface area contributed by atoms with Crippen molar-refractivity contribution in [2.45, 2.75) is 26.0 Å². The van der Waals surface area contributed by atoms with Gasteiger partial charge in [-0.3, -0.25) is 4.79 Å². The number of aromatic nitrogens is 3. The van der Waals surface area contributed by atoms with Crippen LogP contribution in [-0.2, 0) is 13.6 Å². The van der Waals surface area contributed by atoms with Crippen LogP contribution in [0.15, 0.2) is 36.8 Å². The molecule has 7 nitrogen and oxygen atoms in total. The summed E-state index contributed by atoms with van der Waals surface area (Å²) in [5, 5.41) is 0. The van der Waals surface area contributed by atoms with Crippen molar-refractivity contribution in [2.75, 3.05) is 13.7 Å². The molecule has 1 aromatic carbocycles. The molecule has 0 fully saturated rings. The van der Waals surface area contributed by atoms with Crippen molar-refractivity contribution >= 4 is 17.1 Å². The maximum atomic E-state index is 13.4. The van der Waals surface area contributed by atoms with Gasteiger partial charge in [-0.15, -0.1) is 0 Å². The number of carbonyl (C=O) groups excluding carboxylic acids is 1. The monoisotopic (exact) mass is 366 g/mol. The van der Waals surface area contributed by atoms with Crippen LogP contribution in [0.3, 0.4) is 0 Å². The second-order valence-corrected chi connectivity index (χ2v) is 7.38. The van der Waals surface area contributed by atoms with Crippen molar-refractivity contribution in [1.82, 2.24) is 19.4 Å². The van der Waals surface area contributed by atoms with Gasteiger partial charge >= 0.3 is 0 Å². The molecule has 0 N–H and O–H groups in total. The summed E-state index contributed by atoms with van der Waals surface area (Å²) in [5.41, 5.74) is 2.26. The Balaban J connectivity index is 1.74. The van der Waals surface area contributed by atoms with Gasteiger partial charge in [0, 0.05) is 31.4 Å². The Labute approximate surface area is 157 Å². The van der Waals surface area contributed by atoms with E-state index in [1.807, 2.05) is 48.6 Å². The number of carbonyl (C=O) groups is 1. The molecule has 1 aliphatic heterocycles. The Morgan fingerprint density at radius 2 is 2.07 bits per heavy atom. The number of hydrogen-bond acceptors (Lipinski definition) is 5. The predicted molar refractivity (Wildman–Crippen MR) is 101 cm³/mol. The molecule has 0 saturated carbocycles. The van der Waals surface area contributed by atoms with Gasteiger partial charge in [-0.05, 0) is 32.0 Å². The van der Waals surface area contributed by atoms with E-state index in [0.717, 1.165) is 17.1 Å². The Morgan fingerprint density at radius 1 is 1.26 bits per heavy atom. The molecule has 0 saturated heterocycles. The van der Waals surface area contributed by atoms with Crippen molar-refractivity contribution in [1.29, 1.82) is 0 Å². The molecule has 2 aromatic heterocycles. The number of methoxy groups -OCH3 is 1. The zero-order chi connectivity index (χ0) is 19.2. The standard InChI is InChI=1S/C20H22N4O3/c1-20(2)11-24(10-13-5-6-14(26-4)9-16(13)27-20)19(25)15-7-8-21-18-17(15)22-12-23(18)3/h5-9,12H,10-11H2,1-4H3. The van der Waals surface area contributed by atoms with Gasteiger partial charge < -0.3 is 18.9 Å². The normalized spacial score (nSPS) is 15.8. The third-order valence-electron chi connectivity index (χ3n) is 4.71. The number of hydrogen-bond donors (Lipinski definition) is 0. The first-order chi connectivity index (χ1) is 12.9. The maximum Gasteiger partial charge on any atom is 0.256 e. The molecule has 27 heavy (non-hydrogen) atoms. The largest absolute Gasteiger partial charge is 0.497 e. The Kier molecular flexibility index (Phi) is 4.02. The molecule has 0 atom stereocenters. The molecule has 7 heteroatoms. The molecule has 1 amide bonds. The van der Waals surface area contributed by atoms with Crippen LogP contribution in [0.4, 0.5) is 0 Å². The summed E-state index contributed by atoms with van der Waals surface area (Å²) >= 11 is 0. The van der Waals surface area contributed by atoms with Crippen LogP contribution in [0.2, 0.25) is 0 Å². The van der Waals surface area contributed by atoms with Gasteiger partial charge in [-0.2, -0.15) is 0 Å². The minimum absolute atomic E-state index is 0.0820. The van der Waals surface area contributed by atoms with Crippen molar-refractivity contribution in [3.63, 3.8) is 0 Å². The lowest BCUT2D eigenvalue weighted by Gasteiger charge is -2.29. The van der Waals surface area contributed by atoms with Crippen LogP contribution in [0, 0.1) is 0 Å². The molecule has 0 radical (unpaired) electrons. The Bertz CT molecular complexity index is 1030. The number of amides is 1. The molecule has 0 bridgehead atoms. The van der Waals surface area contributed by atoms with Gasteiger partial charge in [0.05, 0.1) is 25.5 Å². The first-order valence-corrected chi connectivity index (χ1v) is 8.79. The fourth-order valence-corrected chi connectivity index (χ4v) is 3.45. The zero-order valence-electron chi connectivity index (χ0n) is 15.9. The topological polar surface area (TPSA) is 69.5 Å². The van der Waals surface area contributed by atoms with E-state index in [1.165, 1.54) is 0 Å². The van der Waals surface area contributed by atoms with Gasteiger partial charge in [0.25, 0.3) is 5.91 Å². The lowest BCUT2D eigenvalue weighted by atomic mass is 10.1. The summed E-state index contributed by atoms with van der Waals surface area (Å²) in [5.74, 6) is 1.39. The molecule has 1 aliphatic rings. The van der Waals surface area contributed by atoms with Gasteiger partial charge in [-0.1, -0.05) is 0 Å². The third-order valence-corrected chi connectivity index (χ3v) is 4.71. The average molecular weight is 366 g/mol. The molecular formula is C20H22N4O3. The summed E-state index contributed by atoms with van der Waals surface area (Å²) in [7, 11) is 3.49. The minimum Gasteiger partial charge on any atom is -0.497 e.